The van der Waals surface area contributed by atoms with Gasteiger partial charge in [-0.3, -0.25) is 14.9 Å². The largest absolute Gasteiger partial charge is 0.396 e. The molecule has 1 aliphatic heterocycles. The van der Waals surface area contributed by atoms with Crippen molar-refractivity contribution < 1.29 is 5.11 Å². The third-order valence-electron chi connectivity index (χ3n) is 5.50. The zero-order valence-electron chi connectivity index (χ0n) is 14.7. The molecule has 1 saturated carbocycles. The number of H-pyrrole nitrogens is 1. The van der Waals surface area contributed by atoms with Crippen LogP contribution >= 0.6 is 0 Å². The summed E-state index contributed by atoms with van der Waals surface area (Å²) < 4.78 is 0. The lowest BCUT2D eigenvalue weighted by molar-refractivity contribution is 0.0263. The molecule has 0 aromatic carbocycles. The van der Waals surface area contributed by atoms with Gasteiger partial charge >= 0.3 is 0 Å². The van der Waals surface area contributed by atoms with Crippen molar-refractivity contribution in [3.05, 3.63) is 17.5 Å². The number of rotatable bonds is 6. The zero-order valence-corrected chi connectivity index (χ0v) is 14.7. The predicted octanol–water partition coefficient (Wildman–Crippen LogP) is 2.34. The van der Waals surface area contributed by atoms with E-state index < -0.39 is 0 Å². The molecule has 0 spiro atoms. The summed E-state index contributed by atoms with van der Waals surface area (Å²) in [7, 11) is 0. The number of piperazine rings is 1. The minimum atomic E-state index is 0.295. The molecule has 2 aliphatic rings. The van der Waals surface area contributed by atoms with Gasteiger partial charge < -0.3 is 5.11 Å². The molecule has 23 heavy (non-hydrogen) atoms. The minimum absolute atomic E-state index is 0.295. The Hall–Kier alpha value is -0.910. The van der Waals surface area contributed by atoms with Gasteiger partial charge in [0.25, 0.3) is 0 Å². The lowest BCUT2D eigenvalue weighted by Gasteiger charge is -2.44. The third-order valence-corrected chi connectivity index (χ3v) is 5.50. The fourth-order valence-corrected chi connectivity index (χ4v) is 4.20. The Bertz CT molecular complexity index is 481. The van der Waals surface area contributed by atoms with Crippen molar-refractivity contribution in [3.63, 3.8) is 0 Å². The van der Waals surface area contributed by atoms with Crippen LogP contribution in [0.4, 0.5) is 0 Å². The highest BCUT2D eigenvalue weighted by molar-refractivity contribution is 5.12. The van der Waals surface area contributed by atoms with Gasteiger partial charge in [-0.25, -0.2) is 0 Å². The second kappa shape index (κ2) is 7.77. The molecule has 5 nitrogen and oxygen atoms in total. The summed E-state index contributed by atoms with van der Waals surface area (Å²) in [5.74, 6) is 0.473. The molecule has 2 fully saturated rings. The number of aliphatic hydroxyl groups is 1. The van der Waals surface area contributed by atoms with E-state index >= 15 is 0 Å². The number of nitrogens with zero attached hydrogens (tertiary/aromatic N) is 3. The van der Waals surface area contributed by atoms with E-state index in [0.29, 0.717) is 18.6 Å². The average molecular weight is 320 g/mol. The molecule has 130 valence electrons. The standard InChI is InChI=1S/C18H32N4O/c1-14(2)18-11-15(19-20-18)12-21-8-9-22(16-5-3-4-6-16)17(13-21)7-10-23/h11,14,16-17,23H,3-10,12-13H2,1-2H3,(H,19,20). The molecule has 1 aliphatic carbocycles. The van der Waals surface area contributed by atoms with Crippen molar-refractivity contribution >= 4 is 0 Å². The molecule has 1 atom stereocenters. The van der Waals surface area contributed by atoms with Crippen LogP contribution in [0.1, 0.15) is 63.3 Å². The van der Waals surface area contributed by atoms with Crippen LogP contribution in [0.2, 0.25) is 0 Å². The van der Waals surface area contributed by atoms with E-state index in [-0.39, 0.29) is 0 Å². The highest BCUT2D eigenvalue weighted by Crippen LogP contribution is 2.28. The monoisotopic (exact) mass is 320 g/mol. The smallest absolute Gasteiger partial charge is 0.0650 e. The number of aromatic nitrogens is 2. The van der Waals surface area contributed by atoms with Crippen LogP contribution in [0.15, 0.2) is 6.07 Å². The first-order valence-electron chi connectivity index (χ1n) is 9.30. The summed E-state index contributed by atoms with van der Waals surface area (Å²) in [6.45, 7) is 8.92. The number of hydrogen-bond acceptors (Lipinski definition) is 4. The number of aliphatic hydroxyl groups excluding tert-OH is 1. The van der Waals surface area contributed by atoms with Gasteiger partial charge in [0.1, 0.15) is 0 Å². The number of aromatic amines is 1. The summed E-state index contributed by atoms with van der Waals surface area (Å²) in [5, 5.41) is 17.1. The first-order valence-corrected chi connectivity index (χ1v) is 9.30. The van der Waals surface area contributed by atoms with Gasteiger partial charge in [0.2, 0.25) is 0 Å². The quantitative estimate of drug-likeness (QED) is 0.845. The minimum Gasteiger partial charge on any atom is -0.396 e. The first kappa shape index (κ1) is 16.9. The second-order valence-electron chi connectivity index (χ2n) is 7.55. The topological polar surface area (TPSA) is 55.4 Å². The molecule has 2 heterocycles. The SMILES string of the molecule is CC(C)c1cc(CN2CCN(C3CCCC3)C(CCO)C2)[nH]n1. The Labute approximate surface area is 140 Å². The van der Waals surface area contributed by atoms with Gasteiger partial charge in [-0.1, -0.05) is 26.7 Å². The van der Waals surface area contributed by atoms with Crippen LogP contribution in [0.5, 0.6) is 0 Å². The van der Waals surface area contributed by atoms with Crippen LogP contribution in [-0.4, -0.2) is 63.4 Å². The molecule has 1 saturated heterocycles. The summed E-state index contributed by atoms with van der Waals surface area (Å²) in [6.07, 6.45) is 6.35. The number of hydrogen-bond donors (Lipinski definition) is 2. The molecule has 1 aromatic rings. The van der Waals surface area contributed by atoms with Crippen LogP contribution in [0.3, 0.4) is 0 Å². The molecule has 3 rings (SSSR count). The van der Waals surface area contributed by atoms with Crippen LogP contribution in [0.25, 0.3) is 0 Å². The molecule has 1 unspecified atom stereocenters. The summed E-state index contributed by atoms with van der Waals surface area (Å²) in [6, 6.07) is 3.47. The Balaban J connectivity index is 1.59. The van der Waals surface area contributed by atoms with Crippen molar-refractivity contribution in [1.29, 1.82) is 0 Å². The molecular formula is C18H32N4O. The predicted molar refractivity (Wildman–Crippen MR) is 92.4 cm³/mol. The van der Waals surface area contributed by atoms with Gasteiger partial charge in [0.15, 0.2) is 0 Å². The maximum Gasteiger partial charge on any atom is 0.0650 e. The Morgan fingerprint density at radius 3 is 2.74 bits per heavy atom. The summed E-state index contributed by atoms with van der Waals surface area (Å²) in [5.41, 5.74) is 2.36. The van der Waals surface area contributed by atoms with E-state index in [1.54, 1.807) is 0 Å². The van der Waals surface area contributed by atoms with Gasteiger partial charge in [-0.05, 0) is 31.2 Å². The van der Waals surface area contributed by atoms with Crippen molar-refractivity contribution in [3.8, 4) is 0 Å². The average Bonchev–Trinajstić information content (AvgIpc) is 3.19. The van der Waals surface area contributed by atoms with Crippen LogP contribution < -0.4 is 0 Å². The lowest BCUT2D eigenvalue weighted by atomic mass is 10.0. The Kier molecular flexibility index (Phi) is 5.72. The summed E-state index contributed by atoms with van der Waals surface area (Å²) >= 11 is 0. The van der Waals surface area contributed by atoms with Gasteiger partial charge in [0, 0.05) is 50.6 Å². The van der Waals surface area contributed by atoms with Crippen molar-refractivity contribution in [2.45, 2.75) is 70.5 Å². The van der Waals surface area contributed by atoms with Crippen LogP contribution in [0, 0.1) is 0 Å². The van der Waals surface area contributed by atoms with E-state index in [0.717, 1.165) is 44.3 Å². The molecular weight excluding hydrogens is 288 g/mol. The maximum absolute atomic E-state index is 9.46. The van der Waals surface area contributed by atoms with Gasteiger partial charge in [-0.15, -0.1) is 0 Å². The molecule has 0 amide bonds. The van der Waals surface area contributed by atoms with Gasteiger partial charge in [-0.2, -0.15) is 5.10 Å². The fraction of sp³-hybridized carbons (Fsp3) is 0.833. The Morgan fingerprint density at radius 2 is 2.09 bits per heavy atom. The summed E-state index contributed by atoms with van der Waals surface area (Å²) in [4.78, 5) is 5.20. The lowest BCUT2D eigenvalue weighted by Crippen LogP contribution is -2.56. The van der Waals surface area contributed by atoms with Crippen molar-refractivity contribution in [1.82, 2.24) is 20.0 Å². The molecule has 2 N–H and O–H groups in total. The zero-order chi connectivity index (χ0) is 16.2. The van der Waals surface area contributed by atoms with E-state index in [1.807, 2.05) is 0 Å². The third kappa shape index (κ3) is 4.14. The Morgan fingerprint density at radius 1 is 1.30 bits per heavy atom. The highest BCUT2D eigenvalue weighted by Gasteiger charge is 2.33. The van der Waals surface area contributed by atoms with E-state index in [9.17, 15) is 5.11 Å². The first-order chi connectivity index (χ1) is 11.2. The van der Waals surface area contributed by atoms with E-state index in [2.05, 4.69) is 39.9 Å². The van der Waals surface area contributed by atoms with Crippen molar-refractivity contribution in [2.75, 3.05) is 26.2 Å². The maximum atomic E-state index is 9.46. The van der Waals surface area contributed by atoms with E-state index in [4.69, 9.17) is 0 Å². The van der Waals surface area contributed by atoms with E-state index in [1.165, 1.54) is 31.4 Å². The highest BCUT2D eigenvalue weighted by atomic mass is 16.3. The van der Waals surface area contributed by atoms with Gasteiger partial charge in [0.05, 0.1) is 5.69 Å². The normalized spacial score (nSPS) is 24.8. The van der Waals surface area contributed by atoms with Crippen molar-refractivity contribution in [2.24, 2.45) is 0 Å². The molecule has 5 heteroatoms. The fourth-order valence-electron chi connectivity index (χ4n) is 4.20. The molecule has 0 bridgehead atoms. The van der Waals surface area contributed by atoms with Crippen LogP contribution in [-0.2, 0) is 6.54 Å². The molecule has 0 radical (unpaired) electrons. The molecule has 1 aromatic heterocycles. The number of nitrogens with one attached hydrogen (secondary N) is 1. The second-order valence-corrected chi connectivity index (χ2v) is 7.55.